The quantitative estimate of drug-likeness (QED) is 0.853. The summed E-state index contributed by atoms with van der Waals surface area (Å²) in [4.78, 5) is 5.87. The minimum atomic E-state index is 0.738. The fourth-order valence-electron chi connectivity index (χ4n) is 3.07. The van der Waals surface area contributed by atoms with Crippen molar-refractivity contribution in [3.63, 3.8) is 0 Å². The summed E-state index contributed by atoms with van der Waals surface area (Å²) in [5.41, 5.74) is 4.27. The fourth-order valence-corrected chi connectivity index (χ4v) is 3.07. The van der Waals surface area contributed by atoms with Crippen LogP contribution in [0.5, 0.6) is 0 Å². The number of aromatic amines is 1. The van der Waals surface area contributed by atoms with Gasteiger partial charge in [0.05, 0.1) is 0 Å². The SMILES string of the molecule is CCc1ccc2[nH]cc(C3CCN(C)CC3)c2c1. The van der Waals surface area contributed by atoms with Crippen molar-refractivity contribution in [2.75, 3.05) is 20.1 Å². The highest BCUT2D eigenvalue weighted by Crippen LogP contribution is 2.33. The molecule has 2 heterocycles. The van der Waals surface area contributed by atoms with E-state index in [0.29, 0.717) is 0 Å². The molecule has 0 atom stereocenters. The van der Waals surface area contributed by atoms with Gasteiger partial charge in [0.1, 0.15) is 0 Å². The van der Waals surface area contributed by atoms with Gasteiger partial charge in [-0.05, 0) is 68.6 Å². The van der Waals surface area contributed by atoms with Crippen LogP contribution in [0.4, 0.5) is 0 Å². The predicted octanol–water partition coefficient (Wildman–Crippen LogP) is 3.54. The second kappa shape index (κ2) is 4.77. The molecule has 1 aliphatic rings. The normalized spacial score (nSPS) is 18.6. The van der Waals surface area contributed by atoms with Gasteiger partial charge in [0.15, 0.2) is 0 Å². The molecule has 0 bridgehead atoms. The number of aromatic nitrogens is 1. The number of likely N-dealkylation sites (tertiary alicyclic amines) is 1. The number of hydrogen-bond acceptors (Lipinski definition) is 1. The number of benzene rings is 1. The molecule has 1 aliphatic heterocycles. The van der Waals surface area contributed by atoms with Gasteiger partial charge in [-0.15, -0.1) is 0 Å². The molecule has 2 aromatic rings. The number of aryl methyl sites for hydroxylation is 1. The van der Waals surface area contributed by atoms with E-state index in [1.807, 2.05) is 0 Å². The van der Waals surface area contributed by atoms with Gasteiger partial charge in [-0.2, -0.15) is 0 Å². The highest BCUT2D eigenvalue weighted by atomic mass is 15.1. The lowest BCUT2D eigenvalue weighted by Gasteiger charge is -2.28. The number of H-pyrrole nitrogens is 1. The van der Waals surface area contributed by atoms with Crippen LogP contribution in [0.25, 0.3) is 10.9 Å². The van der Waals surface area contributed by atoms with Gasteiger partial charge in [-0.25, -0.2) is 0 Å². The second-order valence-electron chi connectivity index (χ2n) is 5.56. The molecule has 0 aliphatic carbocycles. The lowest BCUT2D eigenvalue weighted by atomic mass is 9.89. The molecule has 2 heteroatoms. The summed E-state index contributed by atoms with van der Waals surface area (Å²) in [7, 11) is 2.22. The van der Waals surface area contributed by atoms with Gasteiger partial charge < -0.3 is 9.88 Å². The summed E-state index contributed by atoms with van der Waals surface area (Å²) in [5, 5.41) is 1.45. The average molecular weight is 242 g/mol. The standard InChI is InChI=1S/C16H22N2/c1-3-12-4-5-16-14(10-12)15(11-17-16)13-6-8-18(2)9-7-13/h4-5,10-11,13,17H,3,6-9H2,1-2H3. The van der Waals surface area contributed by atoms with E-state index >= 15 is 0 Å². The number of fused-ring (bicyclic) bond motifs is 1. The van der Waals surface area contributed by atoms with Crippen LogP contribution in [-0.2, 0) is 6.42 Å². The molecule has 1 aromatic carbocycles. The Morgan fingerprint density at radius 1 is 1.28 bits per heavy atom. The zero-order valence-corrected chi connectivity index (χ0v) is 11.4. The van der Waals surface area contributed by atoms with Gasteiger partial charge >= 0.3 is 0 Å². The number of nitrogens with zero attached hydrogens (tertiary/aromatic N) is 1. The number of piperidine rings is 1. The number of nitrogens with one attached hydrogen (secondary N) is 1. The van der Waals surface area contributed by atoms with Crippen LogP contribution in [0, 0.1) is 0 Å². The van der Waals surface area contributed by atoms with Crippen molar-refractivity contribution >= 4 is 10.9 Å². The van der Waals surface area contributed by atoms with Crippen LogP contribution < -0.4 is 0 Å². The molecule has 0 spiro atoms. The molecule has 0 saturated carbocycles. The summed E-state index contributed by atoms with van der Waals surface area (Å²) < 4.78 is 0. The maximum atomic E-state index is 3.43. The number of hydrogen-bond donors (Lipinski definition) is 1. The van der Waals surface area contributed by atoms with Crippen molar-refractivity contribution < 1.29 is 0 Å². The highest BCUT2D eigenvalue weighted by molar-refractivity contribution is 5.84. The minimum Gasteiger partial charge on any atom is -0.361 e. The third-order valence-corrected chi connectivity index (χ3v) is 4.34. The van der Waals surface area contributed by atoms with Crippen molar-refractivity contribution in [2.45, 2.75) is 32.1 Å². The van der Waals surface area contributed by atoms with E-state index in [0.717, 1.165) is 12.3 Å². The van der Waals surface area contributed by atoms with E-state index in [2.05, 4.69) is 48.3 Å². The topological polar surface area (TPSA) is 19.0 Å². The van der Waals surface area contributed by atoms with E-state index in [9.17, 15) is 0 Å². The molecule has 1 saturated heterocycles. The molecule has 18 heavy (non-hydrogen) atoms. The van der Waals surface area contributed by atoms with E-state index in [1.165, 1.54) is 48.0 Å². The first-order chi connectivity index (χ1) is 8.78. The predicted molar refractivity (Wildman–Crippen MR) is 77.1 cm³/mol. The maximum Gasteiger partial charge on any atom is 0.0457 e. The monoisotopic (exact) mass is 242 g/mol. The maximum absolute atomic E-state index is 3.43. The van der Waals surface area contributed by atoms with Crippen LogP contribution in [0.15, 0.2) is 24.4 Å². The lowest BCUT2D eigenvalue weighted by molar-refractivity contribution is 0.256. The van der Waals surface area contributed by atoms with E-state index in [4.69, 9.17) is 0 Å². The molecule has 0 radical (unpaired) electrons. The van der Waals surface area contributed by atoms with E-state index in [1.54, 1.807) is 0 Å². The Kier molecular flexibility index (Phi) is 3.13. The Morgan fingerprint density at radius 2 is 2.06 bits per heavy atom. The Balaban J connectivity index is 1.96. The van der Waals surface area contributed by atoms with Crippen LogP contribution in [0.3, 0.4) is 0 Å². The molecule has 96 valence electrons. The first-order valence-electron chi connectivity index (χ1n) is 7.06. The lowest BCUT2D eigenvalue weighted by Crippen LogP contribution is -2.29. The summed E-state index contributed by atoms with van der Waals surface area (Å²) >= 11 is 0. The van der Waals surface area contributed by atoms with E-state index < -0.39 is 0 Å². The van der Waals surface area contributed by atoms with Crippen LogP contribution >= 0.6 is 0 Å². The van der Waals surface area contributed by atoms with Crippen molar-refractivity contribution in [3.05, 3.63) is 35.5 Å². The smallest absolute Gasteiger partial charge is 0.0457 e. The zero-order valence-electron chi connectivity index (χ0n) is 11.4. The molecule has 1 fully saturated rings. The largest absolute Gasteiger partial charge is 0.361 e. The molecule has 1 N–H and O–H groups in total. The summed E-state index contributed by atoms with van der Waals surface area (Å²) in [6.07, 6.45) is 5.94. The average Bonchev–Trinajstić information content (AvgIpc) is 2.82. The molecule has 0 unspecified atom stereocenters. The third kappa shape index (κ3) is 2.05. The summed E-state index contributed by atoms with van der Waals surface area (Å²) in [6, 6.07) is 6.84. The Morgan fingerprint density at radius 3 is 2.78 bits per heavy atom. The molecule has 2 nitrogen and oxygen atoms in total. The van der Waals surface area contributed by atoms with Gasteiger partial charge in [0.25, 0.3) is 0 Å². The third-order valence-electron chi connectivity index (χ3n) is 4.34. The van der Waals surface area contributed by atoms with Crippen LogP contribution in [0.1, 0.15) is 36.8 Å². The number of rotatable bonds is 2. The Hall–Kier alpha value is -1.28. The fraction of sp³-hybridized carbons (Fsp3) is 0.500. The highest BCUT2D eigenvalue weighted by Gasteiger charge is 2.20. The first-order valence-corrected chi connectivity index (χ1v) is 7.06. The zero-order chi connectivity index (χ0) is 12.5. The van der Waals surface area contributed by atoms with Crippen molar-refractivity contribution in [2.24, 2.45) is 0 Å². The first kappa shape index (κ1) is 11.8. The van der Waals surface area contributed by atoms with Crippen molar-refractivity contribution in [1.29, 1.82) is 0 Å². The summed E-state index contributed by atoms with van der Waals surface area (Å²) in [6.45, 7) is 4.68. The molecule has 0 amide bonds. The molecule has 3 rings (SSSR count). The van der Waals surface area contributed by atoms with Crippen LogP contribution in [-0.4, -0.2) is 30.0 Å². The summed E-state index contributed by atoms with van der Waals surface area (Å²) in [5.74, 6) is 0.738. The van der Waals surface area contributed by atoms with Crippen molar-refractivity contribution in [3.8, 4) is 0 Å². The molecular weight excluding hydrogens is 220 g/mol. The second-order valence-corrected chi connectivity index (χ2v) is 5.56. The van der Waals surface area contributed by atoms with Gasteiger partial charge in [-0.1, -0.05) is 13.0 Å². The van der Waals surface area contributed by atoms with Gasteiger partial charge in [0.2, 0.25) is 0 Å². The molecule has 1 aromatic heterocycles. The van der Waals surface area contributed by atoms with Crippen LogP contribution in [0.2, 0.25) is 0 Å². The Labute approximate surface area is 109 Å². The van der Waals surface area contributed by atoms with E-state index in [-0.39, 0.29) is 0 Å². The van der Waals surface area contributed by atoms with Gasteiger partial charge in [0, 0.05) is 17.1 Å². The van der Waals surface area contributed by atoms with Gasteiger partial charge in [-0.3, -0.25) is 0 Å². The Bertz CT molecular complexity index is 533. The minimum absolute atomic E-state index is 0.738. The molecular formula is C16H22N2. The van der Waals surface area contributed by atoms with Crippen molar-refractivity contribution in [1.82, 2.24) is 9.88 Å².